The van der Waals surface area contributed by atoms with Crippen molar-refractivity contribution in [2.24, 2.45) is 4.99 Å². The van der Waals surface area contributed by atoms with Crippen LogP contribution in [0.15, 0.2) is 4.99 Å². The molecule has 7 heteroatoms. The van der Waals surface area contributed by atoms with E-state index in [1.165, 1.54) is 0 Å². The van der Waals surface area contributed by atoms with Gasteiger partial charge in [-0.2, -0.15) is 0 Å². The van der Waals surface area contributed by atoms with Crippen LogP contribution >= 0.6 is 0 Å². The second-order valence-corrected chi connectivity index (χ2v) is 3.81. The van der Waals surface area contributed by atoms with E-state index in [1.807, 2.05) is 6.92 Å². The van der Waals surface area contributed by atoms with Gasteiger partial charge in [-0.25, -0.2) is 4.99 Å². The lowest BCUT2D eigenvalue weighted by Gasteiger charge is -2.11. The van der Waals surface area contributed by atoms with Crippen molar-refractivity contribution in [3.05, 3.63) is 0 Å². The van der Waals surface area contributed by atoms with Crippen LogP contribution in [0.1, 0.15) is 13.3 Å². The number of nitrogens with zero attached hydrogens (tertiary/aromatic N) is 1. The molecule has 0 aromatic heterocycles. The molecule has 0 aromatic rings. The molecule has 7 nitrogen and oxygen atoms in total. The van der Waals surface area contributed by atoms with Crippen molar-refractivity contribution < 1.29 is 14.3 Å². The minimum Gasteiger partial charge on any atom is -0.385 e. The van der Waals surface area contributed by atoms with Crippen LogP contribution in [0.4, 0.5) is 0 Å². The molecule has 0 bridgehead atoms. The molecule has 3 N–H and O–H groups in total. The molecule has 1 amide bonds. The Morgan fingerprint density at radius 3 is 2.42 bits per heavy atom. The fraction of sp³-hybridized carbons (Fsp3) is 0.833. The molecule has 0 aromatic carbocycles. The first-order chi connectivity index (χ1) is 9.24. The van der Waals surface area contributed by atoms with Gasteiger partial charge in [0.15, 0.2) is 5.96 Å². The molecule has 0 aliphatic heterocycles. The van der Waals surface area contributed by atoms with Crippen molar-refractivity contribution in [3.63, 3.8) is 0 Å². The number of methoxy groups -OCH3 is 2. The SMILES string of the molecule is CCNC(=NCC(=O)NCCOC)NCCCOC. The molecular formula is C12H26N4O3. The zero-order chi connectivity index (χ0) is 14.3. The first-order valence-corrected chi connectivity index (χ1v) is 6.51. The van der Waals surface area contributed by atoms with E-state index in [1.54, 1.807) is 14.2 Å². The highest BCUT2D eigenvalue weighted by Crippen LogP contribution is 1.80. The number of carbonyl (C=O) groups is 1. The first-order valence-electron chi connectivity index (χ1n) is 6.51. The summed E-state index contributed by atoms with van der Waals surface area (Å²) in [5.74, 6) is 0.520. The molecule has 0 radical (unpaired) electrons. The monoisotopic (exact) mass is 274 g/mol. The van der Waals surface area contributed by atoms with Gasteiger partial charge in [-0.1, -0.05) is 0 Å². The molecule has 0 heterocycles. The number of nitrogens with one attached hydrogen (secondary N) is 3. The highest BCUT2D eigenvalue weighted by molar-refractivity contribution is 5.84. The van der Waals surface area contributed by atoms with E-state index in [2.05, 4.69) is 20.9 Å². The normalized spacial score (nSPS) is 11.2. The Hall–Kier alpha value is -1.34. The summed E-state index contributed by atoms with van der Waals surface area (Å²) in [5, 5.41) is 8.92. The summed E-state index contributed by atoms with van der Waals surface area (Å²) in [6.45, 7) is 5.29. The van der Waals surface area contributed by atoms with Crippen molar-refractivity contribution in [1.82, 2.24) is 16.0 Å². The number of guanidine groups is 1. The number of rotatable bonds is 10. The van der Waals surface area contributed by atoms with Gasteiger partial charge in [0.1, 0.15) is 6.54 Å². The van der Waals surface area contributed by atoms with E-state index in [0.717, 1.165) is 19.5 Å². The summed E-state index contributed by atoms with van der Waals surface area (Å²) in [6, 6.07) is 0. The molecule has 0 spiro atoms. The van der Waals surface area contributed by atoms with Gasteiger partial charge in [0.25, 0.3) is 0 Å². The van der Waals surface area contributed by atoms with Gasteiger partial charge in [-0.05, 0) is 13.3 Å². The molecule has 0 aliphatic carbocycles. The largest absolute Gasteiger partial charge is 0.385 e. The minimum absolute atomic E-state index is 0.101. The lowest BCUT2D eigenvalue weighted by molar-refractivity contribution is -0.119. The van der Waals surface area contributed by atoms with Crippen LogP contribution < -0.4 is 16.0 Å². The van der Waals surface area contributed by atoms with Crippen molar-refractivity contribution >= 4 is 11.9 Å². The highest BCUT2D eigenvalue weighted by Gasteiger charge is 2.01. The number of amides is 1. The topological polar surface area (TPSA) is 84.0 Å². The smallest absolute Gasteiger partial charge is 0.241 e. The molecule has 112 valence electrons. The van der Waals surface area contributed by atoms with Gasteiger partial charge in [-0.3, -0.25) is 4.79 Å². The van der Waals surface area contributed by atoms with Crippen LogP contribution in [-0.4, -0.2) is 65.5 Å². The van der Waals surface area contributed by atoms with Crippen LogP contribution in [0.5, 0.6) is 0 Å². The average molecular weight is 274 g/mol. The summed E-state index contributed by atoms with van der Waals surface area (Å²) in [7, 11) is 3.27. The molecule has 0 saturated heterocycles. The van der Waals surface area contributed by atoms with Crippen molar-refractivity contribution in [2.45, 2.75) is 13.3 Å². The van der Waals surface area contributed by atoms with E-state index in [4.69, 9.17) is 9.47 Å². The van der Waals surface area contributed by atoms with E-state index in [0.29, 0.717) is 25.7 Å². The van der Waals surface area contributed by atoms with Crippen molar-refractivity contribution in [2.75, 3.05) is 53.6 Å². The second-order valence-electron chi connectivity index (χ2n) is 3.81. The molecule has 0 unspecified atom stereocenters. The number of hydrogen-bond donors (Lipinski definition) is 3. The fourth-order valence-electron chi connectivity index (χ4n) is 1.26. The zero-order valence-electron chi connectivity index (χ0n) is 12.1. The van der Waals surface area contributed by atoms with Gasteiger partial charge in [0, 0.05) is 40.5 Å². The molecule has 0 atom stereocenters. The number of carbonyl (C=O) groups excluding carboxylic acids is 1. The van der Waals surface area contributed by atoms with Crippen molar-refractivity contribution in [3.8, 4) is 0 Å². The molecular weight excluding hydrogens is 248 g/mol. The van der Waals surface area contributed by atoms with Crippen LogP contribution in [0, 0.1) is 0 Å². The standard InChI is InChI=1S/C12H26N4O3/c1-4-13-12(15-6-5-8-18-2)16-10-11(17)14-7-9-19-3/h4-10H2,1-3H3,(H,14,17)(H2,13,15,16). The maximum atomic E-state index is 11.5. The van der Waals surface area contributed by atoms with Crippen LogP contribution in [-0.2, 0) is 14.3 Å². The Morgan fingerprint density at radius 1 is 1.05 bits per heavy atom. The Kier molecular flexibility index (Phi) is 12.2. The number of aliphatic imine (C=N–C) groups is 1. The average Bonchev–Trinajstić information content (AvgIpc) is 2.41. The Bertz CT molecular complexity index is 259. The predicted octanol–water partition coefficient (Wildman–Crippen LogP) is -0.659. The number of hydrogen-bond acceptors (Lipinski definition) is 4. The summed E-state index contributed by atoms with van der Waals surface area (Å²) >= 11 is 0. The third kappa shape index (κ3) is 11.5. The third-order valence-corrected chi connectivity index (χ3v) is 2.17. The fourth-order valence-corrected chi connectivity index (χ4v) is 1.26. The summed E-state index contributed by atoms with van der Waals surface area (Å²) in [5.41, 5.74) is 0. The van der Waals surface area contributed by atoms with E-state index < -0.39 is 0 Å². The summed E-state index contributed by atoms with van der Waals surface area (Å²) in [4.78, 5) is 15.6. The lowest BCUT2D eigenvalue weighted by atomic mass is 10.4. The van der Waals surface area contributed by atoms with Gasteiger partial charge in [-0.15, -0.1) is 0 Å². The van der Waals surface area contributed by atoms with Crippen LogP contribution in [0.3, 0.4) is 0 Å². The summed E-state index contributed by atoms with van der Waals surface area (Å²) in [6.07, 6.45) is 0.890. The Labute approximate surface area is 115 Å². The van der Waals surface area contributed by atoms with Gasteiger partial charge >= 0.3 is 0 Å². The van der Waals surface area contributed by atoms with E-state index in [-0.39, 0.29) is 12.5 Å². The third-order valence-electron chi connectivity index (χ3n) is 2.17. The number of ether oxygens (including phenoxy) is 2. The molecule has 0 aliphatic rings. The van der Waals surface area contributed by atoms with E-state index >= 15 is 0 Å². The van der Waals surface area contributed by atoms with Crippen molar-refractivity contribution in [1.29, 1.82) is 0 Å². The molecule has 0 fully saturated rings. The maximum absolute atomic E-state index is 11.5. The zero-order valence-corrected chi connectivity index (χ0v) is 12.1. The van der Waals surface area contributed by atoms with Gasteiger partial charge in [0.05, 0.1) is 6.61 Å². The van der Waals surface area contributed by atoms with Gasteiger partial charge < -0.3 is 25.4 Å². The van der Waals surface area contributed by atoms with E-state index in [9.17, 15) is 4.79 Å². The van der Waals surface area contributed by atoms with Crippen LogP contribution in [0.25, 0.3) is 0 Å². The van der Waals surface area contributed by atoms with Crippen LogP contribution in [0.2, 0.25) is 0 Å². The molecule has 0 saturated carbocycles. The molecule has 0 rings (SSSR count). The summed E-state index contributed by atoms with van der Waals surface area (Å²) < 4.78 is 9.81. The Balaban J connectivity index is 3.92. The first kappa shape index (κ1) is 17.7. The lowest BCUT2D eigenvalue weighted by Crippen LogP contribution is -2.39. The molecule has 19 heavy (non-hydrogen) atoms. The van der Waals surface area contributed by atoms with Gasteiger partial charge in [0.2, 0.25) is 5.91 Å². The highest BCUT2D eigenvalue weighted by atomic mass is 16.5. The quantitative estimate of drug-likeness (QED) is 0.280. The second kappa shape index (κ2) is 13.1. The predicted molar refractivity (Wildman–Crippen MR) is 75.4 cm³/mol. The maximum Gasteiger partial charge on any atom is 0.241 e. The minimum atomic E-state index is -0.119. The Morgan fingerprint density at radius 2 is 1.79 bits per heavy atom.